The van der Waals surface area contributed by atoms with Gasteiger partial charge in [-0.25, -0.2) is 12.7 Å². The third kappa shape index (κ3) is 4.05. The summed E-state index contributed by atoms with van der Waals surface area (Å²) in [7, 11) is -3.16. The number of hydrogen-bond donors (Lipinski definition) is 1. The number of thiophene rings is 2. The predicted octanol–water partition coefficient (Wildman–Crippen LogP) is 2.69. The van der Waals surface area contributed by atoms with Gasteiger partial charge in [-0.1, -0.05) is 6.07 Å². The Bertz CT molecular complexity index is 727. The number of piperidine rings is 1. The molecule has 0 aliphatic carbocycles. The molecule has 3 heterocycles. The maximum absolute atomic E-state index is 12.7. The molecule has 1 fully saturated rings. The van der Waals surface area contributed by atoms with Gasteiger partial charge in [-0.15, -0.1) is 11.3 Å². The summed E-state index contributed by atoms with van der Waals surface area (Å²) >= 11 is 3.23. The number of amides is 1. The molecular weight excluding hydrogens is 364 g/mol. The molecule has 0 radical (unpaired) electrons. The molecule has 2 aromatic rings. The van der Waals surface area contributed by atoms with Crippen LogP contribution < -0.4 is 5.32 Å². The molecule has 1 atom stereocenters. The Hall–Kier alpha value is -1.22. The van der Waals surface area contributed by atoms with E-state index in [1.165, 1.54) is 10.6 Å². The molecule has 130 valence electrons. The molecule has 1 N–H and O–H groups in total. The van der Waals surface area contributed by atoms with Crippen LogP contribution in [-0.4, -0.2) is 38.0 Å². The predicted molar refractivity (Wildman–Crippen MR) is 97.8 cm³/mol. The zero-order valence-corrected chi connectivity index (χ0v) is 15.8. The molecule has 1 amide bonds. The molecule has 3 rings (SSSR count). The van der Waals surface area contributed by atoms with Crippen molar-refractivity contribution in [3.63, 3.8) is 0 Å². The maximum atomic E-state index is 12.7. The van der Waals surface area contributed by atoms with Crippen molar-refractivity contribution in [2.75, 3.05) is 19.3 Å². The minimum absolute atomic E-state index is 0.00718. The van der Waals surface area contributed by atoms with Crippen molar-refractivity contribution in [2.24, 2.45) is 5.92 Å². The van der Waals surface area contributed by atoms with Crippen molar-refractivity contribution < 1.29 is 13.2 Å². The van der Waals surface area contributed by atoms with Crippen molar-refractivity contribution >= 4 is 38.6 Å². The summed E-state index contributed by atoms with van der Waals surface area (Å²) in [5.41, 5.74) is 1.09. The minimum atomic E-state index is -3.16. The fourth-order valence-electron chi connectivity index (χ4n) is 2.92. The monoisotopic (exact) mass is 384 g/mol. The molecule has 2 aromatic heterocycles. The Kier molecular flexibility index (Phi) is 5.39. The molecule has 5 nitrogen and oxygen atoms in total. The summed E-state index contributed by atoms with van der Waals surface area (Å²) in [4.78, 5) is 13.8. The van der Waals surface area contributed by atoms with Gasteiger partial charge in [0.1, 0.15) is 0 Å². The van der Waals surface area contributed by atoms with Crippen LogP contribution in [0.15, 0.2) is 34.3 Å². The van der Waals surface area contributed by atoms with E-state index < -0.39 is 10.0 Å². The summed E-state index contributed by atoms with van der Waals surface area (Å²) < 4.78 is 24.6. The van der Waals surface area contributed by atoms with E-state index in [9.17, 15) is 13.2 Å². The molecule has 24 heavy (non-hydrogen) atoms. The van der Waals surface area contributed by atoms with Crippen molar-refractivity contribution in [3.05, 3.63) is 44.8 Å². The van der Waals surface area contributed by atoms with E-state index in [0.29, 0.717) is 25.9 Å². The number of hydrogen-bond acceptors (Lipinski definition) is 5. The SMILES string of the molecule is CS(=O)(=O)N1CCC(C(=O)N[C@H](c2ccsc2)c2cccs2)CC1. The second kappa shape index (κ2) is 7.35. The highest BCUT2D eigenvalue weighted by Crippen LogP contribution is 2.29. The summed E-state index contributed by atoms with van der Waals surface area (Å²) in [5, 5.41) is 9.22. The van der Waals surface area contributed by atoms with E-state index in [1.807, 2.05) is 29.0 Å². The highest BCUT2D eigenvalue weighted by molar-refractivity contribution is 7.88. The van der Waals surface area contributed by atoms with Gasteiger partial charge in [0.15, 0.2) is 0 Å². The molecular formula is C16H20N2O3S3. The fourth-order valence-corrected chi connectivity index (χ4v) is 5.29. The number of carbonyl (C=O) groups is 1. The van der Waals surface area contributed by atoms with Gasteiger partial charge in [-0.2, -0.15) is 11.3 Å². The third-order valence-electron chi connectivity index (χ3n) is 4.28. The molecule has 0 aromatic carbocycles. The molecule has 8 heteroatoms. The van der Waals surface area contributed by atoms with E-state index >= 15 is 0 Å². The average molecular weight is 385 g/mol. The van der Waals surface area contributed by atoms with Crippen molar-refractivity contribution in [1.29, 1.82) is 0 Å². The lowest BCUT2D eigenvalue weighted by Gasteiger charge is -2.30. The van der Waals surface area contributed by atoms with Gasteiger partial charge in [0.05, 0.1) is 12.3 Å². The van der Waals surface area contributed by atoms with Crippen molar-refractivity contribution in [2.45, 2.75) is 18.9 Å². The van der Waals surface area contributed by atoms with Gasteiger partial charge in [0.2, 0.25) is 15.9 Å². The van der Waals surface area contributed by atoms with Crippen LogP contribution in [0.1, 0.15) is 29.3 Å². The molecule has 1 aliphatic heterocycles. The van der Waals surface area contributed by atoms with E-state index in [-0.39, 0.29) is 17.9 Å². The van der Waals surface area contributed by atoms with Crippen molar-refractivity contribution in [3.8, 4) is 0 Å². The lowest BCUT2D eigenvalue weighted by Crippen LogP contribution is -2.43. The lowest BCUT2D eigenvalue weighted by atomic mass is 9.96. The Morgan fingerprint density at radius 3 is 2.58 bits per heavy atom. The Balaban J connectivity index is 1.67. The van der Waals surface area contributed by atoms with Crippen LogP contribution in [0.25, 0.3) is 0 Å². The number of carbonyl (C=O) groups excluding carboxylic acids is 1. The number of nitrogens with one attached hydrogen (secondary N) is 1. The molecule has 0 bridgehead atoms. The minimum Gasteiger partial charge on any atom is -0.344 e. The Morgan fingerprint density at radius 1 is 1.29 bits per heavy atom. The topological polar surface area (TPSA) is 66.5 Å². The maximum Gasteiger partial charge on any atom is 0.223 e. The highest BCUT2D eigenvalue weighted by Gasteiger charge is 2.30. The van der Waals surface area contributed by atoms with E-state index in [4.69, 9.17) is 0 Å². The van der Waals surface area contributed by atoms with E-state index in [1.54, 1.807) is 22.7 Å². The Labute approximate surface area is 150 Å². The summed E-state index contributed by atoms with van der Waals surface area (Å²) in [5.74, 6) is -0.128. The molecule has 0 spiro atoms. The van der Waals surface area contributed by atoms with Gasteiger partial charge >= 0.3 is 0 Å². The van der Waals surface area contributed by atoms with Crippen LogP contribution >= 0.6 is 22.7 Å². The largest absolute Gasteiger partial charge is 0.344 e. The van der Waals surface area contributed by atoms with Crippen molar-refractivity contribution in [1.82, 2.24) is 9.62 Å². The second-order valence-electron chi connectivity index (χ2n) is 5.95. The highest BCUT2D eigenvalue weighted by atomic mass is 32.2. The number of rotatable bonds is 5. The smallest absolute Gasteiger partial charge is 0.223 e. The average Bonchev–Trinajstić information content (AvgIpc) is 3.25. The van der Waals surface area contributed by atoms with Gasteiger partial charge in [-0.3, -0.25) is 4.79 Å². The standard InChI is InChI=1S/C16H20N2O3S3/c1-24(20,21)18-7-4-12(5-8-18)16(19)17-15(13-6-10-22-11-13)14-3-2-9-23-14/h2-3,6,9-12,15H,4-5,7-8H2,1H3,(H,17,19)/t15-/m1/s1. The number of sulfonamides is 1. The van der Waals surface area contributed by atoms with Crippen LogP contribution in [0.3, 0.4) is 0 Å². The molecule has 1 aliphatic rings. The first-order valence-corrected chi connectivity index (χ1v) is 11.4. The quantitative estimate of drug-likeness (QED) is 0.862. The van der Waals surface area contributed by atoms with Gasteiger partial charge in [0.25, 0.3) is 0 Å². The molecule has 1 saturated heterocycles. The van der Waals surface area contributed by atoms with Crippen LogP contribution in [0.2, 0.25) is 0 Å². The fraction of sp³-hybridized carbons (Fsp3) is 0.438. The second-order valence-corrected chi connectivity index (χ2v) is 9.69. The third-order valence-corrected chi connectivity index (χ3v) is 7.23. The summed E-state index contributed by atoms with van der Waals surface area (Å²) in [6.07, 6.45) is 2.36. The first-order chi connectivity index (χ1) is 11.4. The number of nitrogens with zero attached hydrogens (tertiary/aromatic N) is 1. The zero-order valence-electron chi connectivity index (χ0n) is 13.3. The first-order valence-electron chi connectivity index (χ1n) is 7.76. The van der Waals surface area contributed by atoms with Gasteiger partial charge in [-0.05, 0) is 46.7 Å². The zero-order chi connectivity index (χ0) is 17.2. The van der Waals surface area contributed by atoms with Gasteiger partial charge in [0, 0.05) is 23.9 Å². The molecule has 0 unspecified atom stereocenters. The van der Waals surface area contributed by atoms with Crippen LogP contribution in [0, 0.1) is 5.92 Å². The summed E-state index contributed by atoms with van der Waals surface area (Å²) in [6.45, 7) is 0.831. The molecule has 0 saturated carbocycles. The van der Waals surface area contributed by atoms with E-state index in [2.05, 4.69) is 10.7 Å². The first kappa shape index (κ1) is 17.6. The lowest BCUT2D eigenvalue weighted by molar-refractivity contribution is -0.126. The van der Waals surface area contributed by atoms with Crippen LogP contribution in [-0.2, 0) is 14.8 Å². The van der Waals surface area contributed by atoms with Crippen LogP contribution in [0.5, 0.6) is 0 Å². The van der Waals surface area contributed by atoms with Gasteiger partial charge < -0.3 is 5.32 Å². The van der Waals surface area contributed by atoms with Crippen LogP contribution in [0.4, 0.5) is 0 Å². The van der Waals surface area contributed by atoms with E-state index in [0.717, 1.165) is 10.4 Å². The normalized spacial score (nSPS) is 18.4. The Morgan fingerprint density at radius 2 is 2.04 bits per heavy atom. The summed E-state index contributed by atoms with van der Waals surface area (Å²) in [6, 6.07) is 5.91.